The number of carbonyl (C=O) groups is 1. The highest BCUT2D eigenvalue weighted by Gasteiger charge is 2.31. The van der Waals surface area contributed by atoms with Crippen LogP contribution >= 0.6 is 11.6 Å². The first kappa shape index (κ1) is 16.2. The molecule has 0 unspecified atom stereocenters. The SMILES string of the molecule is CC(=O)C1=C(C)NB(c2ccn(CCCC3=CC=CCC3)n2)S1. The summed E-state index contributed by atoms with van der Waals surface area (Å²) in [6.45, 7) is 4.50. The number of allylic oxidation sites excluding steroid dienone is 6. The van der Waals surface area contributed by atoms with Crippen LogP contribution in [0.25, 0.3) is 0 Å². The van der Waals surface area contributed by atoms with Crippen LogP contribution in [-0.2, 0) is 11.3 Å². The first-order valence-corrected chi connectivity index (χ1v) is 9.04. The summed E-state index contributed by atoms with van der Waals surface area (Å²) < 4.78 is 2.01. The fourth-order valence-electron chi connectivity index (χ4n) is 2.95. The molecule has 4 nitrogen and oxygen atoms in total. The van der Waals surface area contributed by atoms with E-state index in [-0.39, 0.29) is 11.9 Å². The van der Waals surface area contributed by atoms with Crippen LogP contribution in [0.4, 0.5) is 0 Å². The molecule has 0 saturated heterocycles. The molecule has 6 heteroatoms. The van der Waals surface area contributed by atoms with Crippen LogP contribution in [0.15, 0.2) is 46.7 Å². The average Bonchev–Trinajstić information content (AvgIpc) is 3.15. The Labute approximate surface area is 142 Å². The molecule has 120 valence electrons. The van der Waals surface area contributed by atoms with Crippen molar-refractivity contribution in [1.82, 2.24) is 15.0 Å². The maximum Gasteiger partial charge on any atom is 0.381 e. The van der Waals surface area contributed by atoms with Gasteiger partial charge in [0, 0.05) is 18.4 Å². The standard InChI is InChI=1S/C17H22BN3OS/c1-13-17(14(2)22)23-18(19-13)16-10-12-21(20-16)11-6-9-15-7-4-3-5-8-15/h3-4,7,10,12,19H,5-6,8-9,11H2,1-2H3. The summed E-state index contributed by atoms with van der Waals surface area (Å²) >= 11 is 1.57. The number of aryl methyl sites for hydroxylation is 1. The van der Waals surface area contributed by atoms with Crippen LogP contribution in [0.5, 0.6) is 0 Å². The summed E-state index contributed by atoms with van der Waals surface area (Å²) in [6.07, 6.45) is 13.4. The quantitative estimate of drug-likeness (QED) is 0.816. The van der Waals surface area contributed by atoms with Crippen LogP contribution in [-0.4, -0.2) is 21.7 Å². The molecule has 1 N–H and O–H groups in total. The number of nitrogens with one attached hydrogen (secondary N) is 1. The smallest absolute Gasteiger partial charge is 0.381 e. The number of carbonyl (C=O) groups excluding carboxylic acids is 1. The first-order valence-electron chi connectivity index (χ1n) is 8.16. The summed E-state index contributed by atoms with van der Waals surface area (Å²) in [7, 11) is 0. The van der Waals surface area contributed by atoms with Gasteiger partial charge in [0.1, 0.15) is 0 Å². The highest BCUT2D eigenvalue weighted by atomic mass is 32.2. The lowest BCUT2D eigenvalue weighted by Crippen LogP contribution is -2.39. The molecule has 1 aliphatic heterocycles. The minimum Gasteiger partial charge on any atom is -0.416 e. The second-order valence-corrected chi connectivity index (χ2v) is 7.17. The van der Waals surface area contributed by atoms with Crippen LogP contribution in [0.2, 0.25) is 0 Å². The van der Waals surface area contributed by atoms with E-state index in [2.05, 4.69) is 28.6 Å². The molecule has 0 saturated carbocycles. The van der Waals surface area contributed by atoms with Gasteiger partial charge in [-0.2, -0.15) is 5.10 Å². The van der Waals surface area contributed by atoms with Gasteiger partial charge in [0.05, 0.1) is 10.5 Å². The van der Waals surface area contributed by atoms with Gasteiger partial charge in [-0.25, -0.2) is 0 Å². The van der Waals surface area contributed by atoms with Gasteiger partial charge in [0.25, 0.3) is 0 Å². The van der Waals surface area contributed by atoms with E-state index in [1.807, 2.05) is 23.9 Å². The summed E-state index contributed by atoms with van der Waals surface area (Å²) in [6, 6.07) is 2.05. The molecule has 1 aromatic heterocycles. The Morgan fingerprint density at radius 2 is 2.39 bits per heavy atom. The predicted molar refractivity (Wildman–Crippen MR) is 97.4 cm³/mol. The van der Waals surface area contributed by atoms with E-state index in [9.17, 15) is 4.79 Å². The molecule has 23 heavy (non-hydrogen) atoms. The van der Waals surface area contributed by atoms with Gasteiger partial charge in [-0.1, -0.05) is 23.8 Å². The van der Waals surface area contributed by atoms with Crippen LogP contribution in [0.1, 0.15) is 39.5 Å². The molecule has 0 atom stereocenters. The molecule has 0 amide bonds. The van der Waals surface area contributed by atoms with E-state index in [4.69, 9.17) is 0 Å². The van der Waals surface area contributed by atoms with Crippen LogP contribution in [0, 0.1) is 0 Å². The van der Waals surface area contributed by atoms with Gasteiger partial charge in [-0.05, 0) is 45.6 Å². The van der Waals surface area contributed by atoms with Crippen LogP contribution in [0.3, 0.4) is 0 Å². The first-order chi connectivity index (χ1) is 11.1. The monoisotopic (exact) mass is 327 g/mol. The second kappa shape index (κ2) is 7.26. The minimum absolute atomic E-state index is 0.0568. The molecular weight excluding hydrogens is 305 g/mol. The van der Waals surface area contributed by atoms with Gasteiger partial charge in [-0.3, -0.25) is 9.48 Å². The number of hydrogen-bond acceptors (Lipinski definition) is 4. The molecule has 0 radical (unpaired) electrons. The molecule has 1 aromatic rings. The lowest BCUT2D eigenvalue weighted by molar-refractivity contribution is -0.113. The summed E-state index contributed by atoms with van der Waals surface area (Å²) in [5.41, 5.74) is 3.49. The van der Waals surface area contributed by atoms with Gasteiger partial charge < -0.3 is 5.23 Å². The highest BCUT2D eigenvalue weighted by molar-refractivity contribution is 8.30. The van der Waals surface area contributed by atoms with Crippen molar-refractivity contribution in [1.29, 1.82) is 0 Å². The van der Waals surface area contributed by atoms with E-state index >= 15 is 0 Å². The largest absolute Gasteiger partial charge is 0.416 e. The van der Waals surface area contributed by atoms with Crippen molar-refractivity contribution in [3.05, 3.63) is 46.7 Å². The normalized spacial score (nSPS) is 17.5. The van der Waals surface area contributed by atoms with E-state index < -0.39 is 0 Å². The number of rotatable bonds is 6. The zero-order valence-corrected chi connectivity index (χ0v) is 14.5. The second-order valence-electron chi connectivity index (χ2n) is 6.05. The number of Topliss-reactive ketones (excluding diaryl/α,β-unsaturated/α-hetero) is 1. The Morgan fingerprint density at radius 1 is 1.52 bits per heavy atom. The van der Waals surface area contributed by atoms with Crippen molar-refractivity contribution in [3.63, 3.8) is 0 Å². The summed E-state index contributed by atoms with van der Waals surface area (Å²) in [5.74, 6) is 0.122. The van der Waals surface area contributed by atoms with E-state index in [0.717, 1.165) is 35.6 Å². The highest BCUT2D eigenvalue weighted by Crippen LogP contribution is 2.27. The Bertz CT molecular complexity index is 690. The number of ketones is 1. The van der Waals surface area contributed by atoms with E-state index in [1.165, 1.54) is 12.8 Å². The van der Waals surface area contributed by atoms with E-state index in [1.54, 1.807) is 24.1 Å². The molecule has 1 aliphatic carbocycles. The Morgan fingerprint density at radius 3 is 3.09 bits per heavy atom. The molecular formula is C17H22BN3OS. The minimum atomic E-state index is 0.0568. The van der Waals surface area contributed by atoms with Crippen LogP contribution < -0.4 is 10.8 Å². The number of hydrogen-bond donors (Lipinski definition) is 1. The average molecular weight is 327 g/mol. The predicted octanol–water partition coefficient (Wildman–Crippen LogP) is 2.79. The molecule has 0 fully saturated rings. The van der Waals surface area contributed by atoms with Gasteiger partial charge >= 0.3 is 6.13 Å². The van der Waals surface area contributed by atoms with Gasteiger partial charge in [0.15, 0.2) is 5.78 Å². The van der Waals surface area contributed by atoms with Gasteiger partial charge in [-0.15, -0.1) is 11.6 Å². The van der Waals surface area contributed by atoms with Crippen molar-refractivity contribution in [2.24, 2.45) is 0 Å². The van der Waals surface area contributed by atoms with Crippen molar-refractivity contribution in [2.45, 2.75) is 46.1 Å². The molecule has 3 rings (SSSR count). The van der Waals surface area contributed by atoms with Crippen molar-refractivity contribution in [3.8, 4) is 0 Å². The lowest BCUT2D eigenvalue weighted by Gasteiger charge is -2.08. The maximum absolute atomic E-state index is 11.6. The molecule has 0 bridgehead atoms. The van der Waals surface area contributed by atoms with Crippen molar-refractivity contribution in [2.75, 3.05) is 0 Å². The molecule has 2 heterocycles. The Balaban J connectivity index is 1.52. The lowest BCUT2D eigenvalue weighted by atomic mass is 9.86. The molecule has 2 aliphatic rings. The summed E-state index contributed by atoms with van der Waals surface area (Å²) in [4.78, 5) is 12.4. The van der Waals surface area contributed by atoms with Crippen molar-refractivity contribution >= 4 is 29.1 Å². The fourth-order valence-corrected chi connectivity index (χ4v) is 4.07. The molecule has 0 spiro atoms. The number of nitrogens with zero attached hydrogens (tertiary/aromatic N) is 2. The Kier molecular flexibility index (Phi) is 5.11. The third kappa shape index (κ3) is 3.99. The Hall–Kier alpha value is -1.69. The zero-order chi connectivity index (χ0) is 16.2. The van der Waals surface area contributed by atoms with Gasteiger partial charge in [0.2, 0.25) is 0 Å². The maximum atomic E-state index is 11.6. The van der Waals surface area contributed by atoms with Crippen molar-refractivity contribution < 1.29 is 4.79 Å². The third-order valence-electron chi connectivity index (χ3n) is 4.16. The topological polar surface area (TPSA) is 46.9 Å². The third-order valence-corrected chi connectivity index (χ3v) is 5.58. The zero-order valence-electron chi connectivity index (χ0n) is 13.7. The summed E-state index contributed by atoms with van der Waals surface area (Å²) in [5, 5.41) is 8.02. The fraction of sp³-hybridized carbons (Fsp3) is 0.412. The molecule has 0 aromatic carbocycles. The number of aromatic nitrogens is 2. The van der Waals surface area contributed by atoms with E-state index in [0.29, 0.717) is 0 Å².